The van der Waals surface area contributed by atoms with E-state index in [1.807, 2.05) is 72.6 Å². The Morgan fingerprint density at radius 3 is 2.07 bits per heavy atom. The first-order valence-electron chi connectivity index (χ1n) is 14.7. The highest BCUT2D eigenvalue weighted by Gasteiger charge is 2.55. The third kappa shape index (κ3) is 5.74. The van der Waals surface area contributed by atoms with Gasteiger partial charge in [0.05, 0.1) is 17.6 Å². The Labute approximate surface area is 259 Å². The first kappa shape index (κ1) is 31.3. The molecule has 1 unspecified atom stereocenters. The van der Waals surface area contributed by atoms with Gasteiger partial charge >= 0.3 is 12.1 Å². The topological polar surface area (TPSA) is 49.9 Å². The third-order valence-corrected chi connectivity index (χ3v) is 9.93. The summed E-state index contributed by atoms with van der Waals surface area (Å²) in [6.45, 7) is 4.21. The van der Waals surface area contributed by atoms with Crippen LogP contribution in [0, 0.1) is 5.92 Å². The molecule has 2 heterocycles. The Morgan fingerprint density at radius 1 is 0.953 bits per heavy atom. The monoisotopic (exact) mass is 656 g/mol. The predicted octanol–water partition coefficient (Wildman–Crippen LogP) is 6.83. The van der Waals surface area contributed by atoms with Gasteiger partial charge in [-0.05, 0) is 74.6 Å². The summed E-state index contributed by atoms with van der Waals surface area (Å²) in [7, 11) is 1.85. The number of likely N-dealkylation sites (N-methyl/N-ethyl adjacent to an activating group) is 1. The lowest BCUT2D eigenvalue weighted by Gasteiger charge is -2.41. The van der Waals surface area contributed by atoms with Gasteiger partial charge in [-0.25, -0.2) is 0 Å². The molecule has 43 heavy (non-hydrogen) atoms. The zero-order valence-electron chi connectivity index (χ0n) is 24.4. The quantitative estimate of drug-likeness (QED) is 0.250. The van der Waals surface area contributed by atoms with Crippen LogP contribution in [-0.2, 0) is 31.3 Å². The van der Waals surface area contributed by atoms with Gasteiger partial charge in [0.15, 0.2) is 0 Å². The molecule has 2 fully saturated rings. The van der Waals surface area contributed by atoms with E-state index in [1.165, 1.54) is 6.07 Å². The van der Waals surface area contributed by atoms with Crippen LogP contribution in [0.5, 0.6) is 0 Å². The highest BCUT2D eigenvalue weighted by molar-refractivity contribution is 9.10. The molecule has 0 aliphatic carbocycles. The number of ether oxygens (including phenoxy) is 1. The maximum Gasteiger partial charge on any atom is 0.417 e. The van der Waals surface area contributed by atoms with Gasteiger partial charge in [0.2, 0.25) is 5.91 Å². The number of piperidine rings is 1. The van der Waals surface area contributed by atoms with E-state index in [9.17, 15) is 22.8 Å². The molecule has 0 N–H and O–H groups in total. The molecule has 0 spiro atoms. The number of nitrogens with zero attached hydrogens (tertiary/aromatic N) is 2. The van der Waals surface area contributed by atoms with Crippen LogP contribution in [0.25, 0.3) is 0 Å². The van der Waals surface area contributed by atoms with E-state index < -0.39 is 28.5 Å². The molecule has 0 bridgehead atoms. The molecule has 1 atom stereocenters. The molecule has 1 amide bonds. The molecule has 3 aromatic rings. The number of carbonyl (C=O) groups excluding carboxylic acids is 2. The van der Waals surface area contributed by atoms with Crippen LogP contribution >= 0.6 is 15.9 Å². The van der Waals surface area contributed by atoms with Crippen LogP contribution in [-0.4, -0.2) is 61.5 Å². The molecule has 0 radical (unpaired) electrons. The van der Waals surface area contributed by atoms with Crippen molar-refractivity contribution in [1.29, 1.82) is 0 Å². The summed E-state index contributed by atoms with van der Waals surface area (Å²) in [6, 6.07) is 23.9. The smallest absolute Gasteiger partial charge is 0.417 e. The van der Waals surface area contributed by atoms with Crippen molar-refractivity contribution in [3.63, 3.8) is 0 Å². The first-order chi connectivity index (χ1) is 20.5. The van der Waals surface area contributed by atoms with E-state index in [0.717, 1.165) is 23.6 Å². The maximum atomic E-state index is 14.0. The van der Waals surface area contributed by atoms with Crippen molar-refractivity contribution in [2.75, 3.05) is 39.8 Å². The van der Waals surface area contributed by atoms with Crippen molar-refractivity contribution in [3.8, 4) is 0 Å². The lowest BCUT2D eigenvalue weighted by molar-refractivity contribution is -0.152. The molecule has 3 aromatic carbocycles. The molecular weight excluding hydrogens is 621 g/mol. The molecular formula is C34H36BrF3N2O3. The zero-order valence-corrected chi connectivity index (χ0v) is 26.0. The van der Waals surface area contributed by atoms with Crippen LogP contribution in [0.4, 0.5) is 13.2 Å². The fourth-order valence-electron chi connectivity index (χ4n) is 7.04. The SMILES string of the molecule is CCOC(=O)C1(c2ccc(Br)c(C(F)(F)F)c2)CCN(CCC2CN(C)C(=O)C2(c2ccccc2)c2ccccc2)CC1. The van der Waals surface area contributed by atoms with E-state index in [4.69, 9.17) is 4.74 Å². The molecule has 9 heteroatoms. The van der Waals surface area contributed by atoms with Gasteiger partial charge in [-0.2, -0.15) is 13.2 Å². The van der Waals surface area contributed by atoms with E-state index in [2.05, 4.69) is 20.8 Å². The molecule has 0 saturated carbocycles. The molecule has 2 saturated heterocycles. The molecule has 2 aliphatic rings. The third-order valence-electron chi connectivity index (χ3n) is 9.24. The van der Waals surface area contributed by atoms with Crippen LogP contribution in [0.2, 0.25) is 0 Å². The molecule has 5 nitrogen and oxygen atoms in total. The second-order valence-electron chi connectivity index (χ2n) is 11.5. The summed E-state index contributed by atoms with van der Waals surface area (Å²) in [5, 5.41) is 0. The number of amides is 1. The predicted molar refractivity (Wildman–Crippen MR) is 163 cm³/mol. The number of carbonyl (C=O) groups is 2. The average molecular weight is 658 g/mol. The van der Waals surface area contributed by atoms with Gasteiger partial charge in [-0.3, -0.25) is 9.59 Å². The minimum atomic E-state index is -4.55. The van der Waals surface area contributed by atoms with Gasteiger partial charge in [0.25, 0.3) is 0 Å². The number of esters is 1. The number of rotatable bonds is 8. The van der Waals surface area contributed by atoms with Gasteiger partial charge in [0, 0.05) is 24.0 Å². The average Bonchev–Trinajstić information content (AvgIpc) is 3.26. The fourth-order valence-corrected chi connectivity index (χ4v) is 7.51. The van der Waals surface area contributed by atoms with Gasteiger partial charge in [-0.1, -0.05) is 82.7 Å². The summed E-state index contributed by atoms with van der Waals surface area (Å²) in [5.41, 5.74) is -0.505. The Kier molecular flexibility index (Phi) is 9.05. The summed E-state index contributed by atoms with van der Waals surface area (Å²) in [4.78, 5) is 31.4. The van der Waals surface area contributed by atoms with E-state index in [1.54, 1.807) is 13.0 Å². The molecule has 0 aromatic heterocycles. The number of benzene rings is 3. The van der Waals surface area contributed by atoms with Crippen LogP contribution < -0.4 is 0 Å². The standard InChI is InChI=1S/C34H36BrF3N2O3/c1-3-43-31(42)32(26-14-15-29(35)28(22-26)34(36,37)38)17-20-40(21-18-32)19-16-27-23-39(2)30(41)33(27,24-10-6-4-7-11-24)25-12-8-5-9-13-25/h4-15,22,27H,3,16-21,23H2,1-2H3. The fraction of sp³-hybridized carbons (Fsp3) is 0.412. The van der Waals surface area contributed by atoms with Gasteiger partial charge < -0.3 is 14.5 Å². The van der Waals surface area contributed by atoms with Crippen LogP contribution in [0.3, 0.4) is 0 Å². The Morgan fingerprint density at radius 2 is 1.53 bits per heavy atom. The first-order valence-corrected chi connectivity index (χ1v) is 15.5. The minimum Gasteiger partial charge on any atom is -0.465 e. The summed E-state index contributed by atoms with van der Waals surface area (Å²) in [5.74, 6) is -0.404. The van der Waals surface area contributed by atoms with Crippen molar-refractivity contribution in [2.24, 2.45) is 5.92 Å². The van der Waals surface area contributed by atoms with Crippen molar-refractivity contribution in [3.05, 3.63) is 106 Å². The highest BCUT2D eigenvalue weighted by Crippen LogP contribution is 2.47. The van der Waals surface area contributed by atoms with Gasteiger partial charge in [0.1, 0.15) is 5.41 Å². The summed E-state index contributed by atoms with van der Waals surface area (Å²) in [6.07, 6.45) is -3.13. The van der Waals surface area contributed by atoms with Crippen molar-refractivity contribution >= 4 is 27.8 Å². The van der Waals surface area contributed by atoms with Crippen molar-refractivity contribution in [2.45, 2.75) is 43.2 Å². The lowest BCUT2D eigenvalue weighted by Crippen LogP contribution is -2.49. The molecule has 5 rings (SSSR count). The van der Waals surface area contributed by atoms with Crippen LogP contribution in [0.1, 0.15) is 48.4 Å². The largest absolute Gasteiger partial charge is 0.465 e. The number of hydrogen-bond acceptors (Lipinski definition) is 4. The maximum absolute atomic E-state index is 14.0. The number of alkyl halides is 3. The lowest BCUT2D eigenvalue weighted by atomic mass is 9.66. The van der Waals surface area contributed by atoms with E-state index in [-0.39, 0.29) is 22.9 Å². The second kappa shape index (κ2) is 12.4. The minimum absolute atomic E-state index is 0.00681. The van der Waals surface area contributed by atoms with Crippen molar-refractivity contribution in [1.82, 2.24) is 9.80 Å². The molecule has 228 valence electrons. The van der Waals surface area contributed by atoms with E-state index >= 15 is 0 Å². The van der Waals surface area contributed by atoms with Crippen LogP contribution in [0.15, 0.2) is 83.3 Å². The summed E-state index contributed by atoms with van der Waals surface area (Å²) >= 11 is 3.02. The second-order valence-corrected chi connectivity index (χ2v) is 12.4. The Balaban J connectivity index is 1.39. The highest BCUT2D eigenvalue weighted by atomic mass is 79.9. The number of hydrogen-bond donors (Lipinski definition) is 0. The normalized spacial score (nSPS) is 20.3. The zero-order chi connectivity index (χ0) is 30.8. The molecule has 2 aliphatic heterocycles. The van der Waals surface area contributed by atoms with Gasteiger partial charge in [-0.15, -0.1) is 0 Å². The Hall–Kier alpha value is -3.17. The summed E-state index contributed by atoms with van der Waals surface area (Å²) < 4.78 is 46.7. The number of halogens is 4. The Bertz CT molecular complexity index is 1400. The van der Waals surface area contributed by atoms with Crippen molar-refractivity contribution < 1.29 is 27.5 Å². The van der Waals surface area contributed by atoms with E-state index in [0.29, 0.717) is 44.6 Å². The number of likely N-dealkylation sites (tertiary alicyclic amines) is 2.